The summed E-state index contributed by atoms with van der Waals surface area (Å²) in [4.78, 5) is 24.1. The Morgan fingerprint density at radius 2 is 1.56 bits per heavy atom. The Balaban J connectivity index is 1.79. The molecule has 0 bridgehead atoms. The summed E-state index contributed by atoms with van der Waals surface area (Å²) in [6.07, 6.45) is 0.864. The van der Waals surface area contributed by atoms with E-state index in [2.05, 4.69) is 17.6 Å². The number of carbonyl (C=O) groups is 2. The maximum Gasteiger partial charge on any atom is 0.234 e. The third kappa shape index (κ3) is 5.94. The molecule has 5 heteroatoms. The van der Waals surface area contributed by atoms with E-state index >= 15 is 0 Å². The van der Waals surface area contributed by atoms with E-state index in [4.69, 9.17) is 0 Å². The highest BCUT2D eigenvalue weighted by molar-refractivity contribution is 8.00. The lowest BCUT2D eigenvalue weighted by Crippen LogP contribution is -2.19. The van der Waals surface area contributed by atoms with Crippen LogP contribution in [-0.4, -0.2) is 23.3 Å². The van der Waals surface area contributed by atoms with Crippen LogP contribution in [0.5, 0.6) is 0 Å². The molecule has 0 aliphatic carbocycles. The summed E-state index contributed by atoms with van der Waals surface area (Å²) < 4.78 is 0. The van der Waals surface area contributed by atoms with Gasteiger partial charge in [0.25, 0.3) is 0 Å². The summed E-state index contributed by atoms with van der Waals surface area (Å²) in [6.45, 7) is 6.05. The number of para-hydroxylation sites is 1. The number of rotatable bonds is 7. The van der Waals surface area contributed by atoms with E-state index in [-0.39, 0.29) is 23.3 Å². The highest BCUT2D eigenvalue weighted by Crippen LogP contribution is 2.21. The summed E-state index contributed by atoms with van der Waals surface area (Å²) >= 11 is 1.31. The minimum Gasteiger partial charge on any atom is -0.325 e. The Morgan fingerprint density at radius 3 is 2.20 bits per heavy atom. The summed E-state index contributed by atoms with van der Waals surface area (Å²) in [5.41, 5.74) is 4.98. The van der Waals surface area contributed by atoms with E-state index in [0.29, 0.717) is 0 Å². The van der Waals surface area contributed by atoms with Gasteiger partial charge in [-0.2, -0.15) is 0 Å². The van der Waals surface area contributed by atoms with Gasteiger partial charge in [0.2, 0.25) is 11.8 Å². The zero-order chi connectivity index (χ0) is 18.2. The van der Waals surface area contributed by atoms with Gasteiger partial charge in [-0.05, 0) is 43.5 Å². The highest BCUT2D eigenvalue weighted by Gasteiger charge is 2.10. The molecular weight excluding hydrogens is 332 g/mol. The van der Waals surface area contributed by atoms with Gasteiger partial charge in [-0.3, -0.25) is 9.59 Å². The van der Waals surface area contributed by atoms with Crippen LogP contribution < -0.4 is 10.6 Å². The first-order valence-corrected chi connectivity index (χ1v) is 9.47. The summed E-state index contributed by atoms with van der Waals surface area (Å²) in [6, 6.07) is 13.6. The van der Waals surface area contributed by atoms with Crippen LogP contribution in [0.2, 0.25) is 0 Å². The first kappa shape index (κ1) is 19.1. The first-order chi connectivity index (χ1) is 12.0. The van der Waals surface area contributed by atoms with Crippen molar-refractivity contribution >= 4 is 35.0 Å². The molecule has 0 fully saturated rings. The van der Waals surface area contributed by atoms with E-state index in [1.165, 1.54) is 11.8 Å². The molecule has 2 rings (SSSR count). The molecule has 25 heavy (non-hydrogen) atoms. The Bertz CT molecular complexity index is 742. The fraction of sp³-hybridized carbons (Fsp3) is 0.300. The molecule has 132 valence electrons. The van der Waals surface area contributed by atoms with Crippen molar-refractivity contribution in [2.24, 2.45) is 0 Å². The number of benzene rings is 2. The number of hydrogen-bond donors (Lipinski definition) is 2. The number of aryl methyl sites for hydroxylation is 3. The molecule has 0 aromatic heterocycles. The third-order valence-electron chi connectivity index (χ3n) is 3.81. The number of hydrogen-bond acceptors (Lipinski definition) is 3. The number of amides is 2. The second kappa shape index (κ2) is 9.28. The Morgan fingerprint density at radius 1 is 0.920 bits per heavy atom. The molecule has 0 aliphatic heterocycles. The minimum absolute atomic E-state index is 0.0860. The zero-order valence-corrected chi connectivity index (χ0v) is 15.7. The van der Waals surface area contributed by atoms with Crippen LogP contribution in [0.25, 0.3) is 0 Å². The van der Waals surface area contributed by atoms with Crippen LogP contribution in [0.15, 0.2) is 42.5 Å². The van der Waals surface area contributed by atoms with E-state index in [9.17, 15) is 9.59 Å². The lowest BCUT2D eigenvalue weighted by atomic mass is 10.1. The number of anilines is 2. The Kier molecular flexibility index (Phi) is 7.07. The molecule has 0 saturated heterocycles. The largest absolute Gasteiger partial charge is 0.325 e. The number of carbonyl (C=O) groups excluding carboxylic acids is 2. The van der Waals surface area contributed by atoms with Gasteiger partial charge in [0.15, 0.2) is 0 Å². The fourth-order valence-corrected chi connectivity index (χ4v) is 3.07. The van der Waals surface area contributed by atoms with Crippen molar-refractivity contribution in [2.45, 2.75) is 27.2 Å². The number of nitrogens with one attached hydrogen (secondary N) is 2. The summed E-state index contributed by atoms with van der Waals surface area (Å²) in [5, 5.41) is 5.80. The van der Waals surface area contributed by atoms with Gasteiger partial charge in [-0.1, -0.05) is 42.8 Å². The van der Waals surface area contributed by atoms with Gasteiger partial charge in [0.05, 0.1) is 11.5 Å². The molecule has 0 saturated carbocycles. The molecule has 0 unspecified atom stereocenters. The predicted molar refractivity (Wildman–Crippen MR) is 106 cm³/mol. The van der Waals surface area contributed by atoms with Crippen LogP contribution in [-0.2, 0) is 16.0 Å². The smallest absolute Gasteiger partial charge is 0.234 e. The van der Waals surface area contributed by atoms with Crippen molar-refractivity contribution in [1.82, 2.24) is 0 Å². The highest BCUT2D eigenvalue weighted by atomic mass is 32.2. The van der Waals surface area contributed by atoms with Crippen LogP contribution >= 0.6 is 11.8 Å². The van der Waals surface area contributed by atoms with Crippen molar-refractivity contribution < 1.29 is 9.59 Å². The molecule has 0 aliphatic rings. The van der Waals surface area contributed by atoms with Gasteiger partial charge in [0, 0.05) is 11.4 Å². The van der Waals surface area contributed by atoms with Gasteiger partial charge < -0.3 is 10.6 Å². The number of thioether (sulfide) groups is 1. The average molecular weight is 356 g/mol. The standard InChI is InChI=1S/C20H24N2O2S/c1-4-16-7-5-6-15(3)20(16)22-19(24)13-25-12-18(23)21-17-10-8-14(2)9-11-17/h5-11H,4,12-13H2,1-3H3,(H,21,23)(H,22,24). The van der Waals surface area contributed by atoms with Crippen molar-refractivity contribution in [3.8, 4) is 0 Å². The van der Waals surface area contributed by atoms with Crippen molar-refractivity contribution in [3.63, 3.8) is 0 Å². The summed E-state index contributed by atoms with van der Waals surface area (Å²) in [5.74, 6) is 0.304. The van der Waals surface area contributed by atoms with E-state index in [0.717, 1.165) is 34.5 Å². The molecule has 0 spiro atoms. The molecule has 2 aromatic carbocycles. The summed E-state index contributed by atoms with van der Waals surface area (Å²) in [7, 11) is 0. The van der Waals surface area contributed by atoms with E-state index in [1.807, 2.05) is 56.3 Å². The molecule has 0 radical (unpaired) electrons. The van der Waals surface area contributed by atoms with Gasteiger partial charge in [0.1, 0.15) is 0 Å². The molecule has 0 atom stereocenters. The second-order valence-corrected chi connectivity index (χ2v) is 6.90. The SMILES string of the molecule is CCc1cccc(C)c1NC(=O)CSCC(=O)Nc1ccc(C)cc1. The van der Waals surface area contributed by atoms with Gasteiger partial charge >= 0.3 is 0 Å². The van der Waals surface area contributed by atoms with Crippen molar-refractivity contribution in [2.75, 3.05) is 22.1 Å². The minimum atomic E-state index is -0.105. The van der Waals surface area contributed by atoms with E-state index < -0.39 is 0 Å². The predicted octanol–water partition coefficient (Wildman–Crippen LogP) is 4.18. The van der Waals surface area contributed by atoms with Crippen molar-refractivity contribution in [3.05, 3.63) is 59.2 Å². The zero-order valence-electron chi connectivity index (χ0n) is 14.9. The van der Waals surface area contributed by atoms with Crippen LogP contribution in [0.3, 0.4) is 0 Å². The van der Waals surface area contributed by atoms with Crippen LogP contribution in [0.4, 0.5) is 11.4 Å². The average Bonchev–Trinajstić information content (AvgIpc) is 2.58. The molecular formula is C20H24N2O2S. The maximum atomic E-state index is 12.1. The molecule has 2 aromatic rings. The normalized spacial score (nSPS) is 10.4. The third-order valence-corrected chi connectivity index (χ3v) is 4.74. The van der Waals surface area contributed by atoms with Crippen LogP contribution in [0.1, 0.15) is 23.6 Å². The molecule has 4 nitrogen and oxygen atoms in total. The molecule has 2 amide bonds. The Hall–Kier alpha value is -2.27. The second-order valence-electron chi connectivity index (χ2n) is 5.92. The van der Waals surface area contributed by atoms with Crippen molar-refractivity contribution in [1.29, 1.82) is 0 Å². The monoisotopic (exact) mass is 356 g/mol. The topological polar surface area (TPSA) is 58.2 Å². The molecule has 2 N–H and O–H groups in total. The quantitative estimate of drug-likeness (QED) is 0.782. The van der Waals surface area contributed by atoms with Gasteiger partial charge in [-0.15, -0.1) is 11.8 Å². The van der Waals surface area contributed by atoms with E-state index in [1.54, 1.807) is 0 Å². The lowest BCUT2D eigenvalue weighted by Gasteiger charge is -2.12. The van der Waals surface area contributed by atoms with Crippen LogP contribution in [0, 0.1) is 13.8 Å². The van der Waals surface area contributed by atoms with Gasteiger partial charge in [-0.25, -0.2) is 0 Å². The first-order valence-electron chi connectivity index (χ1n) is 8.32. The molecule has 0 heterocycles. The lowest BCUT2D eigenvalue weighted by molar-refractivity contribution is -0.114. The fourth-order valence-electron chi connectivity index (χ4n) is 2.45. The Labute approximate surface area is 153 Å². The maximum absolute atomic E-state index is 12.1.